The van der Waals surface area contributed by atoms with Crippen LogP contribution in [-0.2, 0) is 0 Å². The predicted molar refractivity (Wildman–Crippen MR) is 93.3 cm³/mol. The first-order valence-electron chi connectivity index (χ1n) is 8.26. The standard InChI is InChI=1S/C20H32O/c1-15(2)19-13-12-17(4)10-6-8-16(3)9-7-11-18(5)14-20(19)21/h8,11-13,15,20-21H,6-7,9-10,14H2,1-5H3/b16-8+,17-12-,18-11+,19-13+/t20-/m1/s1. The summed E-state index contributed by atoms with van der Waals surface area (Å²) in [4.78, 5) is 0. The van der Waals surface area contributed by atoms with Crippen LogP contribution in [-0.4, -0.2) is 11.2 Å². The molecular weight excluding hydrogens is 256 g/mol. The summed E-state index contributed by atoms with van der Waals surface area (Å²) in [6, 6.07) is 0. The third-order valence-electron chi connectivity index (χ3n) is 4.19. The molecule has 0 unspecified atom stereocenters. The second-order valence-electron chi connectivity index (χ2n) is 6.73. The van der Waals surface area contributed by atoms with Gasteiger partial charge in [0, 0.05) is 0 Å². The Kier molecular flexibility index (Phi) is 7.74. The van der Waals surface area contributed by atoms with Gasteiger partial charge in [-0.25, -0.2) is 0 Å². The van der Waals surface area contributed by atoms with E-state index in [4.69, 9.17) is 0 Å². The SMILES string of the molecule is C/C1=C/C=C(\C(C)C)[C@H](O)C/C(C)=C/CC/C(C)=C/CC1. The molecular formula is C20H32O. The van der Waals surface area contributed by atoms with Gasteiger partial charge in [0.25, 0.3) is 0 Å². The van der Waals surface area contributed by atoms with Crippen molar-refractivity contribution in [1.29, 1.82) is 0 Å². The Labute approximate surface area is 131 Å². The van der Waals surface area contributed by atoms with E-state index in [0.29, 0.717) is 5.92 Å². The smallest absolute Gasteiger partial charge is 0.0792 e. The van der Waals surface area contributed by atoms with E-state index in [-0.39, 0.29) is 6.10 Å². The lowest BCUT2D eigenvalue weighted by molar-refractivity contribution is 0.200. The molecule has 0 aliphatic heterocycles. The van der Waals surface area contributed by atoms with E-state index < -0.39 is 0 Å². The average molecular weight is 288 g/mol. The van der Waals surface area contributed by atoms with Gasteiger partial charge in [0.1, 0.15) is 0 Å². The third-order valence-corrected chi connectivity index (χ3v) is 4.19. The number of rotatable bonds is 1. The third kappa shape index (κ3) is 6.95. The van der Waals surface area contributed by atoms with Crippen LogP contribution >= 0.6 is 0 Å². The molecule has 0 amide bonds. The fourth-order valence-corrected chi connectivity index (χ4v) is 2.71. The minimum atomic E-state index is -0.357. The van der Waals surface area contributed by atoms with Gasteiger partial charge in [-0.2, -0.15) is 0 Å². The van der Waals surface area contributed by atoms with Crippen LogP contribution in [0.4, 0.5) is 0 Å². The molecule has 1 atom stereocenters. The first-order valence-corrected chi connectivity index (χ1v) is 8.26. The zero-order chi connectivity index (χ0) is 15.8. The van der Waals surface area contributed by atoms with Gasteiger partial charge < -0.3 is 5.11 Å². The van der Waals surface area contributed by atoms with E-state index in [2.05, 4.69) is 58.9 Å². The summed E-state index contributed by atoms with van der Waals surface area (Å²) in [5.74, 6) is 0.381. The first-order chi connectivity index (χ1) is 9.90. The van der Waals surface area contributed by atoms with Gasteiger partial charge in [0.05, 0.1) is 6.10 Å². The summed E-state index contributed by atoms with van der Waals surface area (Å²) in [6.07, 6.45) is 13.8. The summed E-state index contributed by atoms with van der Waals surface area (Å²) in [6.45, 7) is 10.9. The molecule has 21 heavy (non-hydrogen) atoms. The number of aliphatic hydroxyl groups excluding tert-OH is 1. The summed E-state index contributed by atoms with van der Waals surface area (Å²) in [5.41, 5.74) is 5.29. The summed E-state index contributed by atoms with van der Waals surface area (Å²) >= 11 is 0. The highest BCUT2D eigenvalue weighted by atomic mass is 16.3. The minimum absolute atomic E-state index is 0.357. The van der Waals surface area contributed by atoms with Gasteiger partial charge in [-0.1, -0.05) is 54.9 Å². The highest BCUT2D eigenvalue weighted by molar-refractivity contribution is 5.23. The Morgan fingerprint density at radius 2 is 1.48 bits per heavy atom. The molecule has 0 aromatic heterocycles. The van der Waals surface area contributed by atoms with Gasteiger partial charge in [-0.05, 0) is 64.4 Å². The van der Waals surface area contributed by atoms with E-state index in [1.54, 1.807) is 0 Å². The molecule has 0 aromatic rings. The quantitative estimate of drug-likeness (QED) is 0.611. The molecule has 1 N–H and O–H groups in total. The molecule has 1 nitrogen and oxygen atoms in total. The van der Waals surface area contributed by atoms with Crippen molar-refractivity contribution in [3.8, 4) is 0 Å². The molecule has 1 aliphatic rings. The van der Waals surface area contributed by atoms with Crippen molar-refractivity contribution in [2.24, 2.45) is 5.92 Å². The monoisotopic (exact) mass is 288 g/mol. The maximum atomic E-state index is 10.5. The largest absolute Gasteiger partial charge is 0.388 e. The Morgan fingerprint density at radius 1 is 0.905 bits per heavy atom. The van der Waals surface area contributed by atoms with E-state index in [1.165, 1.54) is 16.7 Å². The van der Waals surface area contributed by atoms with Crippen molar-refractivity contribution in [2.75, 3.05) is 0 Å². The molecule has 1 rings (SSSR count). The highest BCUT2D eigenvalue weighted by Gasteiger charge is 2.14. The van der Waals surface area contributed by atoms with Gasteiger partial charge in [0.2, 0.25) is 0 Å². The van der Waals surface area contributed by atoms with Crippen LogP contribution in [0.5, 0.6) is 0 Å². The van der Waals surface area contributed by atoms with Crippen LogP contribution in [0.15, 0.2) is 46.6 Å². The highest BCUT2D eigenvalue weighted by Crippen LogP contribution is 2.22. The number of hydrogen-bond donors (Lipinski definition) is 1. The van der Waals surface area contributed by atoms with E-state index >= 15 is 0 Å². The molecule has 0 bridgehead atoms. The van der Waals surface area contributed by atoms with Crippen LogP contribution in [0.1, 0.15) is 66.7 Å². The lowest BCUT2D eigenvalue weighted by Crippen LogP contribution is -2.15. The Morgan fingerprint density at radius 3 is 2.10 bits per heavy atom. The molecule has 0 saturated carbocycles. The number of aliphatic hydroxyl groups is 1. The van der Waals surface area contributed by atoms with E-state index in [0.717, 1.165) is 37.7 Å². The second kappa shape index (κ2) is 9.04. The Balaban J connectivity index is 3.00. The second-order valence-corrected chi connectivity index (χ2v) is 6.73. The van der Waals surface area contributed by atoms with Crippen LogP contribution in [0.2, 0.25) is 0 Å². The number of allylic oxidation sites excluding steroid dienone is 6. The minimum Gasteiger partial charge on any atom is -0.388 e. The molecule has 0 fully saturated rings. The fraction of sp³-hybridized carbons (Fsp3) is 0.600. The van der Waals surface area contributed by atoms with Gasteiger partial charge >= 0.3 is 0 Å². The summed E-state index contributed by atoms with van der Waals surface area (Å²) < 4.78 is 0. The zero-order valence-electron chi connectivity index (χ0n) is 14.4. The predicted octanol–water partition coefficient (Wildman–Crippen LogP) is 5.73. The normalized spacial score (nSPS) is 32.8. The topological polar surface area (TPSA) is 20.2 Å². The zero-order valence-corrected chi connectivity index (χ0v) is 14.4. The van der Waals surface area contributed by atoms with Gasteiger partial charge in [-0.15, -0.1) is 0 Å². The summed E-state index contributed by atoms with van der Waals surface area (Å²) in [7, 11) is 0. The van der Waals surface area contributed by atoms with E-state index in [1.807, 2.05) is 0 Å². The Bertz CT molecular complexity index is 446. The van der Waals surface area contributed by atoms with Gasteiger partial charge in [0.15, 0.2) is 0 Å². The lowest BCUT2D eigenvalue weighted by Gasteiger charge is -2.19. The maximum absolute atomic E-state index is 10.5. The van der Waals surface area contributed by atoms with Crippen LogP contribution in [0.3, 0.4) is 0 Å². The average Bonchev–Trinajstić information content (AvgIpc) is 2.37. The number of hydrogen-bond acceptors (Lipinski definition) is 1. The van der Waals surface area contributed by atoms with Crippen LogP contribution in [0.25, 0.3) is 0 Å². The van der Waals surface area contributed by atoms with Crippen molar-refractivity contribution in [3.05, 3.63) is 46.6 Å². The van der Waals surface area contributed by atoms with Crippen LogP contribution in [0, 0.1) is 5.92 Å². The molecule has 0 radical (unpaired) electrons. The molecule has 1 aliphatic carbocycles. The van der Waals surface area contributed by atoms with Crippen molar-refractivity contribution < 1.29 is 5.11 Å². The van der Waals surface area contributed by atoms with Gasteiger partial charge in [-0.3, -0.25) is 0 Å². The first kappa shape index (κ1) is 18.0. The maximum Gasteiger partial charge on any atom is 0.0792 e. The Hall–Kier alpha value is -1.08. The molecule has 0 heterocycles. The fourth-order valence-electron chi connectivity index (χ4n) is 2.71. The van der Waals surface area contributed by atoms with Crippen molar-refractivity contribution in [2.45, 2.75) is 72.8 Å². The molecule has 1 heteroatoms. The molecule has 0 saturated heterocycles. The van der Waals surface area contributed by atoms with Crippen molar-refractivity contribution in [1.82, 2.24) is 0 Å². The van der Waals surface area contributed by atoms with Crippen molar-refractivity contribution in [3.63, 3.8) is 0 Å². The molecule has 0 spiro atoms. The lowest BCUT2D eigenvalue weighted by atomic mass is 9.92. The molecule has 118 valence electrons. The van der Waals surface area contributed by atoms with E-state index in [9.17, 15) is 5.11 Å². The summed E-state index contributed by atoms with van der Waals surface area (Å²) in [5, 5.41) is 10.5. The van der Waals surface area contributed by atoms with Crippen LogP contribution < -0.4 is 0 Å². The van der Waals surface area contributed by atoms with Crippen molar-refractivity contribution >= 4 is 0 Å². The molecule has 0 aromatic carbocycles.